The molecule has 0 amide bonds. The zero-order valence-electron chi connectivity index (χ0n) is 8.73. The minimum Gasteiger partial charge on any atom is -0.291 e. The number of nitrogens with zero attached hydrogens (tertiary/aromatic N) is 2. The summed E-state index contributed by atoms with van der Waals surface area (Å²) in [5.74, 6) is 0.509. The molecule has 3 nitrogen and oxygen atoms in total. The maximum absolute atomic E-state index is 11.5. The molecule has 0 aliphatic heterocycles. The average Bonchev–Trinajstić information content (AvgIpc) is 2.39. The van der Waals surface area contributed by atoms with Crippen molar-refractivity contribution in [2.75, 3.05) is 5.33 Å². The van der Waals surface area contributed by atoms with Crippen LogP contribution in [0, 0.1) is 0 Å². The number of halogens is 2. The molecule has 5 heteroatoms. The highest BCUT2D eigenvalue weighted by Crippen LogP contribution is 2.18. The topological polar surface area (TPSA) is 42.9 Å². The van der Waals surface area contributed by atoms with Crippen LogP contribution in [0.1, 0.15) is 10.5 Å². The van der Waals surface area contributed by atoms with Gasteiger partial charge in [-0.05, 0) is 18.2 Å². The van der Waals surface area contributed by atoms with E-state index in [4.69, 9.17) is 0 Å². The highest BCUT2D eigenvalue weighted by Gasteiger charge is 2.08. The molecule has 2 aromatic rings. The lowest BCUT2D eigenvalue weighted by Crippen LogP contribution is -2.04. The SMILES string of the molecule is O=C(CBr)c1ccnc(-c2ccc(Br)cc2)n1. The second-order valence-electron chi connectivity index (χ2n) is 3.33. The van der Waals surface area contributed by atoms with Gasteiger partial charge in [0, 0.05) is 16.2 Å². The summed E-state index contributed by atoms with van der Waals surface area (Å²) in [4.78, 5) is 19.9. The highest BCUT2D eigenvalue weighted by atomic mass is 79.9. The molecule has 0 fully saturated rings. The summed E-state index contributed by atoms with van der Waals surface area (Å²) in [7, 11) is 0. The Morgan fingerprint density at radius 1 is 1.18 bits per heavy atom. The first-order valence-electron chi connectivity index (χ1n) is 4.89. The molecule has 17 heavy (non-hydrogen) atoms. The molecule has 0 radical (unpaired) electrons. The van der Waals surface area contributed by atoms with Gasteiger partial charge in [0.25, 0.3) is 0 Å². The predicted molar refractivity (Wildman–Crippen MR) is 73.3 cm³/mol. The summed E-state index contributed by atoms with van der Waals surface area (Å²) in [6.45, 7) is 0. The van der Waals surface area contributed by atoms with Gasteiger partial charge < -0.3 is 0 Å². The molecule has 0 bridgehead atoms. The Morgan fingerprint density at radius 2 is 1.88 bits per heavy atom. The van der Waals surface area contributed by atoms with Crippen LogP contribution in [-0.4, -0.2) is 21.1 Å². The van der Waals surface area contributed by atoms with Gasteiger partial charge in [-0.1, -0.05) is 44.0 Å². The molecule has 0 aliphatic rings. The van der Waals surface area contributed by atoms with Gasteiger partial charge in [0.05, 0.1) is 5.33 Å². The van der Waals surface area contributed by atoms with Crippen LogP contribution in [0.3, 0.4) is 0 Å². The lowest BCUT2D eigenvalue weighted by atomic mass is 10.2. The van der Waals surface area contributed by atoms with Crippen LogP contribution in [0.2, 0.25) is 0 Å². The summed E-state index contributed by atoms with van der Waals surface area (Å²) >= 11 is 6.49. The van der Waals surface area contributed by atoms with E-state index in [1.165, 1.54) is 0 Å². The molecule has 0 saturated carbocycles. The summed E-state index contributed by atoms with van der Waals surface area (Å²) in [5, 5.41) is 0.268. The zero-order valence-corrected chi connectivity index (χ0v) is 11.9. The lowest BCUT2D eigenvalue weighted by Gasteiger charge is -2.02. The third-order valence-electron chi connectivity index (χ3n) is 2.17. The summed E-state index contributed by atoms with van der Waals surface area (Å²) in [6, 6.07) is 9.25. The van der Waals surface area contributed by atoms with Crippen LogP contribution in [0.5, 0.6) is 0 Å². The number of ketones is 1. The molecule has 2 rings (SSSR count). The zero-order chi connectivity index (χ0) is 12.3. The van der Waals surface area contributed by atoms with E-state index in [0.717, 1.165) is 10.0 Å². The molecule has 0 unspecified atom stereocenters. The van der Waals surface area contributed by atoms with E-state index < -0.39 is 0 Å². The smallest absolute Gasteiger partial charge is 0.191 e. The first-order valence-corrected chi connectivity index (χ1v) is 6.80. The van der Waals surface area contributed by atoms with Crippen molar-refractivity contribution in [1.82, 2.24) is 9.97 Å². The van der Waals surface area contributed by atoms with Gasteiger partial charge in [0.1, 0.15) is 5.69 Å². The molecule has 86 valence electrons. The maximum Gasteiger partial charge on any atom is 0.191 e. The fraction of sp³-hybridized carbons (Fsp3) is 0.0833. The predicted octanol–water partition coefficient (Wildman–Crippen LogP) is 3.48. The van der Waals surface area contributed by atoms with Gasteiger partial charge in [-0.2, -0.15) is 0 Å². The normalized spacial score (nSPS) is 10.2. The lowest BCUT2D eigenvalue weighted by molar-refractivity contribution is 0.101. The van der Waals surface area contributed by atoms with E-state index in [9.17, 15) is 4.79 Å². The third kappa shape index (κ3) is 2.98. The van der Waals surface area contributed by atoms with Crippen molar-refractivity contribution in [2.45, 2.75) is 0 Å². The Kier molecular flexibility index (Phi) is 4.02. The first kappa shape index (κ1) is 12.4. The summed E-state index contributed by atoms with van der Waals surface area (Å²) in [6.07, 6.45) is 1.60. The fourth-order valence-corrected chi connectivity index (χ4v) is 1.87. The number of hydrogen-bond acceptors (Lipinski definition) is 3. The van der Waals surface area contributed by atoms with Gasteiger partial charge in [-0.3, -0.25) is 4.79 Å². The van der Waals surface area contributed by atoms with E-state index in [1.54, 1.807) is 12.3 Å². The standard InChI is InChI=1S/C12H8Br2N2O/c13-7-11(17)10-5-6-15-12(16-10)8-1-3-9(14)4-2-8/h1-6H,7H2. The number of aromatic nitrogens is 2. The van der Waals surface area contributed by atoms with Gasteiger partial charge in [0.2, 0.25) is 0 Å². The molecule has 0 N–H and O–H groups in total. The van der Waals surface area contributed by atoms with Crippen LogP contribution < -0.4 is 0 Å². The Balaban J connectivity index is 2.39. The minimum atomic E-state index is -0.0502. The van der Waals surface area contributed by atoms with Gasteiger partial charge in [-0.25, -0.2) is 9.97 Å². The van der Waals surface area contributed by atoms with Crippen molar-refractivity contribution in [2.24, 2.45) is 0 Å². The number of alkyl halides is 1. The van der Waals surface area contributed by atoms with Gasteiger partial charge >= 0.3 is 0 Å². The van der Waals surface area contributed by atoms with Crippen molar-refractivity contribution in [3.8, 4) is 11.4 Å². The minimum absolute atomic E-state index is 0.0502. The van der Waals surface area contributed by atoms with Crippen LogP contribution in [-0.2, 0) is 0 Å². The van der Waals surface area contributed by atoms with E-state index in [1.807, 2.05) is 24.3 Å². The van der Waals surface area contributed by atoms with Crippen LogP contribution in [0.4, 0.5) is 0 Å². The van der Waals surface area contributed by atoms with E-state index in [0.29, 0.717) is 11.5 Å². The monoisotopic (exact) mass is 354 g/mol. The Hall–Kier alpha value is -1.07. The highest BCUT2D eigenvalue weighted by molar-refractivity contribution is 9.10. The number of carbonyl (C=O) groups is 1. The number of carbonyl (C=O) groups excluding carboxylic acids is 1. The van der Waals surface area contributed by atoms with Crippen LogP contribution in [0.15, 0.2) is 41.0 Å². The van der Waals surface area contributed by atoms with E-state index >= 15 is 0 Å². The molecule has 0 aliphatic carbocycles. The average molecular weight is 356 g/mol. The van der Waals surface area contributed by atoms with Crippen molar-refractivity contribution in [3.05, 3.63) is 46.7 Å². The summed E-state index contributed by atoms with van der Waals surface area (Å²) in [5.41, 5.74) is 1.31. The van der Waals surface area contributed by atoms with Crippen LogP contribution >= 0.6 is 31.9 Å². The molecule has 0 atom stereocenters. The quantitative estimate of drug-likeness (QED) is 0.625. The second-order valence-corrected chi connectivity index (χ2v) is 4.81. The molecule has 1 aromatic carbocycles. The number of benzene rings is 1. The van der Waals surface area contributed by atoms with E-state index in [2.05, 4.69) is 41.8 Å². The Morgan fingerprint density at radius 3 is 2.53 bits per heavy atom. The number of Topliss-reactive ketones (excluding diaryl/α,β-unsaturated/α-hetero) is 1. The molecular weight excluding hydrogens is 348 g/mol. The van der Waals surface area contributed by atoms with Gasteiger partial charge in [0.15, 0.2) is 11.6 Å². The molecule has 1 aromatic heterocycles. The Labute approximate surface area is 116 Å². The Bertz CT molecular complexity index is 540. The van der Waals surface area contributed by atoms with Crippen molar-refractivity contribution >= 4 is 37.6 Å². The molecular formula is C12H8Br2N2O. The molecule has 0 spiro atoms. The largest absolute Gasteiger partial charge is 0.291 e. The van der Waals surface area contributed by atoms with Crippen LogP contribution in [0.25, 0.3) is 11.4 Å². The fourth-order valence-electron chi connectivity index (χ4n) is 1.32. The second kappa shape index (κ2) is 5.51. The van der Waals surface area contributed by atoms with Crippen molar-refractivity contribution in [1.29, 1.82) is 0 Å². The van der Waals surface area contributed by atoms with Crippen molar-refractivity contribution in [3.63, 3.8) is 0 Å². The summed E-state index contributed by atoms with van der Waals surface area (Å²) < 4.78 is 0.994. The molecule has 1 heterocycles. The van der Waals surface area contributed by atoms with Gasteiger partial charge in [-0.15, -0.1) is 0 Å². The maximum atomic E-state index is 11.5. The van der Waals surface area contributed by atoms with E-state index in [-0.39, 0.29) is 11.1 Å². The third-order valence-corrected chi connectivity index (χ3v) is 3.20. The molecule has 0 saturated heterocycles. The first-order chi connectivity index (χ1) is 8.20. The number of rotatable bonds is 3. The van der Waals surface area contributed by atoms with Crippen molar-refractivity contribution < 1.29 is 4.79 Å². The number of hydrogen-bond donors (Lipinski definition) is 0.